The maximum atomic E-state index is 5.71. The Morgan fingerprint density at radius 3 is 2.29 bits per heavy atom. The van der Waals surface area contributed by atoms with Crippen LogP contribution < -0.4 is 5.73 Å². The topological polar surface area (TPSA) is 32.5 Å². The standard InChI is InChI=1S/C14H23N3/c1-16(2)9-10-17(14-7-8-14)11-12-3-5-13(15)6-4-12/h3-6,14H,7-11,15H2,1-2H3. The molecular weight excluding hydrogens is 210 g/mol. The van der Waals surface area contributed by atoms with Crippen molar-refractivity contribution < 1.29 is 0 Å². The van der Waals surface area contributed by atoms with Crippen molar-refractivity contribution in [3.8, 4) is 0 Å². The minimum atomic E-state index is 0.813. The van der Waals surface area contributed by atoms with E-state index in [1.165, 1.54) is 18.4 Å². The summed E-state index contributed by atoms with van der Waals surface area (Å²) in [6.45, 7) is 3.34. The van der Waals surface area contributed by atoms with Gasteiger partial charge in [-0.25, -0.2) is 0 Å². The zero-order valence-corrected chi connectivity index (χ0v) is 10.9. The summed E-state index contributed by atoms with van der Waals surface area (Å²) in [5.74, 6) is 0. The van der Waals surface area contributed by atoms with Gasteiger partial charge in [-0.05, 0) is 44.6 Å². The Labute approximate surface area is 104 Å². The molecule has 1 aromatic rings. The fourth-order valence-electron chi connectivity index (χ4n) is 2.02. The number of nitrogens with two attached hydrogens (primary N) is 1. The van der Waals surface area contributed by atoms with Crippen molar-refractivity contribution in [2.75, 3.05) is 32.9 Å². The molecule has 94 valence electrons. The van der Waals surface area contributed by atoms with E-state index in [-0.39, 0.29) is 0 Å². The summed E-state index contributed by atoms with van der Waals surface area (Å²) in [5.41, 5.74) is 7.92. The normalized spacial score (nSPS) is 15.8. The lowest BCUT2D eigenvalue weighted by atomic mass is 10.2. The molecule has 0 aliphatic heterocycles. The van der Waals surface area contributed by atoms with Gasteiger partial charge in [-0.1, -0.05) is 12.1 Å². The highest BCUT2D eigenvalue weighted by Crippen LogP contribution is 2.28. The largest absolute Gasteiger partial charge is 0.399 e. The van der Waals surface area contributed by atoms with Crippen LogP contribution in [0.5, 0.6) is 0 Å². The van der Waals surface area contributed by atoms with E-state index in [2.05, 4.69) is 36.0 Å². The van der Waals surface area contributed by atoms with Gasteiger partial charge >= 0.3 is 0 Å². The molecule has 17 heavy (non-hydrogen) atoms. The smallest absolute Gasteiger partial charge is 0.0314 e. The summed E-state index contributed by atoms with van der Waals surface area (Å²) in [4.78, 5) is 4.84. The Bertz CT molecular complexity index is 341. The van der Waals surface area contributed by atoms with Crippen molar-refractivity contribution in [1.29, 1.82) is 0 Å². The predicted octanol–water partition coefficient (Wildman–Crippen LogP) is 1.79. The third kappa shape index (κ3) is 4.02. The Balaban J connectivity index is 1.90. The number of hydrogen-bond acceptors (Lipinski definition) is 3. The number of likely N-dealkylation sites (N-methyl/N-ethyl adjacent to an activating group) is 1. The third-order valence-electron chi connectivity index (χ3n) is 3.26. The molecule has 0 saturated heterocycles. The molecule has 0 radical (unpaired) electrons. The second-order valence-corrected chi connectivity index (χ2v) is 5.25. The van der Waals surface area contributed by atoms with E-state index < -0.39 is 0 Å². The van der Waals surface area contributed by atoms with Crippen molar-refractivity contribution in [3.63, 3.8) is 0 Å². The van der Waals surface area contributed by atoms with Gasteiger partial charge in [0.25, 0.3) is 0 Å². The zero-order chi connectivity index (χ0) is 12.3. The van der Waals surface area contributed by atoms with Crippen LogP contribution in [-0.4, -0.2) is 43.0 Å². The number of rotatable bonds is 6. The molecule has 1 aromatic carbocycles. The van der Waals surface area contributed by atoms with Gasteiger partial charge in [0.2, 0.25) is 0 Å². The molecule has 2 rings (SSSR count). The lowest BCUT2D eigenvalue weighted by molar-refractivity contribution is 0.225. The third-order valence-corrected chi connectivity index (χ3v) is 3.26. The molecule has 0 heterocycles. The molecule has 0 aromatic heterocycles. The molecule has 3 heteroatoms. The van der Waals surface area contributed by atoms with Crippen molar-refractivity contribution in [2.45, 2.75) is 25.4 Å². The molecule has 0 spiro atoms. The Morgan fingerprint density at radius 2 is 1.76 bits per heavy atom. The van der Waals surface area contributed by atoms with Crippen LogP contribution in [-0.2, 0) is 6.54 Å². The molecule has 1 saturated carbocycles. The molecule has 1 aliphatic carbocycles. The minimum absolute atomic E-state index is 0.813. The highest BCUT2D eigenvalue weighted by Gasteiger charge is 2.28. The monoisotopic (exact) mass is 233 g/mol. The lowest BCUT2D eigenvalue weighted by Gasteiger charge is -2.24. The van der Waals surface area contributed by atoms with Gasteiger partial charge in [-0.15, -0.1) is 0 Å². The quantitative estimate of drug-likeness (QED) is 0.760. The Hall–Kier alpha value is -1.06. The second-order valence-electron chi connectivity index (χ2n) is 5.25. The van der Waals surface area contributed by atoms with Gasteiger partial charge in [-0.2, -0.15) is 0 Å². The molecular formula is C14H23N3. The fraction of sp³-hybridized carbons (Fsp3) is 0.571. The lowest BCUT2D eigenvalue weighted by Crippen LogP contribution is -2.33. The van der Waals surface area contributed by atoms with Crippen molar-refractivity contribution >= 4 is 5.69 Å². The fourth-order valence-corrected chi connectivity index (χ4v) is 2.02. The summed E-state index contributed by atoms with van der Waals surface area (Å²) in [7, 11) is 4.27. The summed E-state index contributed by atoms with van der Waals surface area (Å²) >= 11 is 0. The minimum Gasteiger partial charge on any atom is -0.399 e. The van der Waals surface area contributed by atoms with Crippen molar-refractivity contribution in [3.05, 3.63) is 29.8 Å². The molecule has 0 amide bonds. The molecule has 0 unspecified atom stereocenters. The van der Waals surface area contributed by atoms with E-state index in [9.17, 15) is 0 Å². The second kappa shape index (κ2) is 5.52. The summed E-state index contributed by atoms with van der Waals surface area (Å²) in [6, 6.07) is 9.08. The summed E-state index contributed by atoms with van der Waals surface area (Å²) < 4.78 is 0. The molecule has 2 N–H and O–H groups in total. The SMILES string of the molecule is CN(C)CCN(Cc1ccc(N)cc1)C1CC1. The van der Waals surface area contributed by atoms with Gasteiger partial charge in [0, 0.05) is 31.4 Å². The molecule has 1 fully saturated rings. The first-order valence-electron chi connectivity index (χ1n) is 6.38. The van der Waals surface area contributed by atoms with Crippen LogP contribution in [0, 0.1) is 0 Å². The van der Waals surface area contributed by atoms with Gasteiger partial charge in [0.1, 0.15) is 0 Å². The summed E-state index contributed by atoms with van der Waals surface area (Å²) in [6.07, 6.45) is 2.73. The van der Waals surface area contributed by atoms with Crippen LogP contribution in [0.4, 0.5) is 5.69 Å². The Morgan fingerprint density at radius 1 is 1.12 bits per heavy atom. The van der Waals surface area contributed by atoms with Gasteiger partial charge in [0.15, 0.2) is 0 Å². The van der Waals surface area contributed by atoms with Gasteiger partial charge in [0.05, 0.1) is 0 Å². The zero-order valence-electron chi connectivity index (χ0n) is 10.9. The van der Waals surface area contributed by atoms with Crippen molar-refractivity contribution in [1.82, 2.24) is 9.80 Å². The Kier molecular flexibility index (Phi) is 4.02. The molecule has 1 aliphatic rings. The average molecular weight is 233 g/mol. The number of hydrogen-bond donors (Lipinski definition) is 1. The number of nitrogens with zero attached hydrogens (tertiary/aromatic N) is 2. The van der Waals surface area contributed by atoms with Gasteiger partial charge < -0.3 is 10.6 Å². The van der Waals surface area contributed by atoms with Gasteiger partial charge in [-0.3, -0.25) is 4.90 Å². The average Bonchev–Trinajstić information content (AvgIpc) is 3.10. The van der Waals surface area contributed by atoms with E-state index in [4.69, 9.17) is 5.73 Å². The van der Waals surface area contributed by atoms with Crippen LogP contribution in [0.1, 0.15) is 18.4 Å². The summed E-state index contributed by atoms with van der Waals surface area (Å²) in [5, 5.41) is 0. The first-order chi connectivity index (χ1) is 8.15. The first kappa shape index (κ1) is 12.4. The number of benzene rings is 1. The van der Waals surface area contributed by atoms with Crippen LogP contribution in [0.15, 0.2) is 24.3 Å². The molecule has 0 bridgehead atoms. The van der Waals surface area contributed by atoms with E-state index in [0.29, 0.717) is 0 Å². The predicted molar refractivity (Wildman–Crippen MR) is 72.8 cm³/mol. The van der Waals surface area contributed by atoms with Crippen molar-refractivity contribution in [2.24, 2.45) is 0 Å². The van der Waals surface area contributed by atoms with E-state index in [1.807, 2.05) is 12.1 Å². The number of nitrogen functional groups attached to an aromatic ring is 1. The maximum Gasteiger partial charge on any atom is 0.0314 e. The highest BCUT2D eigenvalue weighted by atomic mass is 15.2. The molecule has 3 nitrogen and oxygen atoms in total. The highest BCUT2D eigenvalue weighted by molar-refractivity contribution is 5.39. The van der Waals surface area contributed by atoms with Crippen LogP contribution >= 0.6 is 0 Å². The van der Waals surface area contributed by atoms with E-state index in [0.717, 1.165) is 31.4 Å². The van der Waals surface area contributed by atoms with E-state index in [1.54, 1.807) is 0 Å². The van der Waals surface area contributed by atoms with E-state index >= 15 is 0 Å². The maximum absolute atomic E-state index is 5.71. The number of anilines is 1. The van der Waals surface area contributed by atoms with Crippen LogP contribution in [0.3, 0.4) is 0 Å². The van der Waals surface area contributed by atoms with Crippen LogP contribution in [0.2, 0.25) is 0 Å². The first-order valence-corrected chi connectivity index (χ1v) is 6.38. The molecule has 0 atom stereocenters. The van der Waals surface area contributed by atoms with Crippen LogP contribution in [0.25, 0.3) is 0 Å².